The van der Waals surface area contributed by atoms with Gasteiger partial charge in [0.1, 0.15) is 12.2 Å². The van der Waals surface area contributed by atoms with Crippen LogP contribution < -0.4 is 19.7 Å². The van der Waals surface area contributed by atoms with Gasteiger partial charge in [0.2, 0.25) is 0 Å². The Bertz CT molecular complexity index is 945. The van der Waals surface area contributed by atoms with Crippen LogP contribution in [0.2, 0.25) is 0 Å². The molecular weight excluding hydrogens is 386 g/mol. The smallest absolute Gasteiger partial charge is 0.293 e. The van der Waals surface area contributed by atoms with E-state index in [-0.39, 0.29) is 23.8 Å². The number of para-hydroxylation sites is 1. The van der Waals surface area contributed by atoms with Crippen molar-refractivity contribution in [3.05, 3.63) is 57.1 Å². The fraction of sp³-hybridized carbons (Fsp3) is 0.409. The second-order valence-corrected chi connectivity index (χ2v) is 7.31. The van der Waals surface area contributed by atoms with Crippen LogP contribution in [-0.4, -0.2) is 37.1 Å². The summed E-state index contributed by atoms with van der Waals surface area (Å²) >= 11 is 0. The van der Waals surface area contributed by atoms with Crippen LogP contribution in [0.4, 0.5) is 11.4 Å². The number of aryl methyl sites for hydroxylation is 1. The molecule has 3 rings (SSSR count). The van der Waals surface area contributed by atoms with Crippen molar-refractivity contribution in [2.75, 3.05) is 31.6 Å². The zero-order valence-electron chi connectivity index (χ0n) is 17.6. The van der Waals surface area contributed by atoms with Crippen molar-refractivity contribution in [3.8, 4) is 11.5 Å². The molecule has 0 aromatic heterocycles. The van der Waals surface area contributed by atoms with Crippen LogP contribution in [0.5, 0.6) is 11.5 Å². The van der Waals surface area contributed by atoms with E-state index in [4.69, 9.17) is 9.47 Å². The fourth-order valence-electron chi connectivity index (χ4n) is 3.78. The Morgan fingerprint density at radius 1 is 1.17 bits per heavy atom. The average molecular weight is 414 g/mol. The molecule has 0 aliphatic carbocycles. The van der Waals surface area contributed by atoms with Crippen molar-refractivity contribution < 1.29 is 24.1 Å². The zero-order chi connectivity index (χ0) is 21.7. The minimum absolute atomic E-state index is 0.0906. The summed E-state index contributed by atoms with van der Waals surface area (Å²) in [4.78, 5) is 24.5. The number of ether oxygens (including phenoxy) is 2. The molecule has 0 bridgehead atoms. The van der Waals surface area contributed by atoms with Crippen LogP contribution >= 0.6 is 0 Å². The van der Waals surface area contributed by atoms with Crippen molar-refractivity contribution in [2.24, 2.45) is 0 Å². The van der Waals surface area contributed by atoms with Crippen LogP contribution in [0, 0.1) is 17.0 Å². The summed E-state index contributed by atoms with van der Waals surface area (Å²) in [6, 6.07) is 8.81. The summed E-state index contributed by atoms with van der Waals surface area (Å²) in [7, 11) is 0. The third-order valence-corrected chi connectivity index (χ3v) is 5.18. The SMILES string of the molecule is CCOc1cc2c(cc1OCC)C[NH+](CC(=O)Nc1c(C)cccc1[N+](=O)[O-])CC2. The van der Waals surface area contributed by atoms with Gasteiger partial charge in [-0.3, -0.25) is 14.9 Å². The minimum atomic E-state index is -0.474. The molecule has 1 aliphatic rings. The fourth-order valence-corrected chi connectivity index (χ4v) is 3.78. The minimum Gasteiger partial charge on any atom is -0.490 e. The van der Waals surface area contributed by atoms with E-state index < -0.39 is 4.92 Å². The van der Waals surface area contributed by atoms with E-state index in [0.717, 1.165) is 34.9 Å². The summed E-state index contributed by atoms with van der Waals surface area (Å²) in [5.41, 5.74) is 3.19. The number of nitrogens with one attached hydrogen (secondary N) is 2. The van der Waals surface area contributed by atoms with Crippen molar-refractivity contribution in [2.45, 2.75) is 33.7 Å². The number of nitro benzene ring substituents is 1. The molecule has 0 saturated heterocycles. The van der Waals surface area contributed by atoms with Gasteiger partial charge in [-0.2, -0.15) is 0 Å². The van der Waals surface area contributed by atoms with Gasteiger partial charge in [0.25, 0.3) is 11.6 Å². The Morgan fingerprint density at radius 2 is 1.83 bits per heavy atom. The predicted molar refractivity (Wildman–Crippen MR) is 113 cm³/mol. The van der Waals surface area contributed by atoms with E-state index in [0.29, 0.717) is 25.3 Å². The molecular formula is C22H28N3O5+. The summed E-state index contributed by atoms with van der Waals surface area (Å²) in [5.74, 6) is 1.24. The summed E-state index contributed by atoms with van der Waals surface area (Å²) in [6.07, 6.45) is 0.828. The highest BCUT2D eigenvalue weighted by molar-refractivity contribution is 5.94. The first-order valence-electron chi connectivity index (χ1n) is 10.2. The third-order valence-electron chi connectivity index (χ3n) is 5.18. The maximum absolute atomic E-state index is 12.6. The van der Waals surface area contributed by atoms with E-state index in [1.165, 1.54) is 11.6 Å². The van der Waals surface area contributed by atoms with Gasteiger partial charge in [0.15, 0.2) is 18.0 Å². The molecule has 8 heteroatoms. The molecule has 1 atom stereocenters. The molecule has 2 aromatic rings. The first kappa shape index (κ1) is 21.6. The Kier molecular flexibility index (Phi) is 6.89. The predicted octanol–water partition coefficient (Wildman–Crippen LogP) is 2.28. The lowest BCUT2D eigenvalue weighted by Gasteiger charge is -2.26. The number of rotatable bonds is 8. The topological polar surface area (TPSA) is 95.1 Å². The van der Waals surface area contributed by atoms with Gasteiger partial charge in [0.05, 0.1) is 24.7 Å². The molecule has 0 saturated carbocycles. The van der Waals surface area contributed by atoms with Crippen LogP contribution in [0.25, 0.3) is 0 Å². The Morgan fingerprint density at radius 3 is 2.47 bits per heavy atom. The molecule has 0 fully saturated rings. The first-order chi connectivity index (χ1) is 14.4. The number of nitrogens with zero attached hydrogens (tertiary/aromatic N) is 1. The third kappa shape index (κ3) is 4.88. The molecule has 30 heavy (non-hydrogen) atoms. The lowest BCUT2D eigenvalue weighted by molar-refractivity contribution is -0.907. The van der Waals surface area contributed by atoms with Crippen molar-refractivity contribution >= 4 is 17.3 Å². The van der Waals surface area contributed by atoms with Gasteiger partial charge in [-0.15, -0.1) is 0 Å². The van der Waals surface area contributed by atoms with E-state index in [1.807, 2.05) is 26.0 Å². The normalized spacial score (nSPS) is 15.2. The molecule has 1 aliphatic heterocycles. The second-order valence-electron chi connectivity index (χ2n) is 7.31. The number of benzene rings is 2. The first-order valence-corrected chi connectivity index (χ1v) is 10.2. The van der Waals surface area contributed by atoms with Gasteiger partial charge in [-0.1, -0.05) is 12.1 Å². The molecule has 0 radical (unpaired) electrons. The lowest BCUT2D eigenvalue weighted by Crippen LogP contribution is -3.12. The number of anilines is 1. The van der Waals surface area contributed by atoms with Gasteiger partial charge in [-0.05, 0) is 44.0 Å². The van der Waals surface area contributed by atoms with E-state index >= 15 is 0 Å². The highest BCUT2D eigenvalue weighted by Crippen LogP contribution is 2.32. The molecule has 1 heterocycles. The maximum atomic E-state index is 12.6. The molecule has 0 spiro atoms. The number of nitro groups is 1. The highest BCUT2D eigenvalue weighted by Gasteiger charge is 2.25. The van der Waals surface area contributed by atoms with Crippen molar-refractivity contribution in [1.29, 1.82) is 0 Å². The molecule has 2 N–H and O–H groups in total. The molecule has 2 aromatic carbocycles. The largest absolute Gasteiger partial charge is 0.490 e. The number of hydrogen-bond acceptors (Lipinski definition) is 5. The quantitative estimate of drug-likeness (QED) is 0.510. The number of quaternary nitrogens is 1. The Labute approximate surface area is 175 Å². The van der Waals surface area contributed by atoms with Crippen LogP contribution in [-0.2, 0) is 17.8 Å². The molecule has 160 valence electrons. The van der Waals surface area contributed by atoms with Gasteiger partial charge < -0.3 is 19.7 Å². The number of hydrogen-bond donors (Lipinski definition) is 2. The van der Waals surface area contributed by atoms with Gasteiger partial charge in [-0.25, -0.2) is 0 Å². The summed E-state index contributed by atoms with van der Waals surface area (Å²) < 4.78 is 11.4. The zero-order valence-corrected chi connectivity index (χ0v) is 17.6. The summed E-state index contributed by atoms with van der Waals surface area (Å²) in [5, 5.41) is 14.0. The van der Waals surface area contributed by atoms with Crippen molar-refractivity contribution in [3.63, 3.8) is 0 Å². The van der Waals surface area contributed by atoms with E-state index in [2.05, 4.69) is 5.32 Å². The number of amides is 1. The number of carbonyl (C=O) groups excluding carboxylic acids is 1. The summed E-state index contributed by atoms with van der Waals surface area (Å²) in [6.45, 7) is 8.47. The Hall–Kier alpha value is -3.13. The van der Waals surface area contributed by atoms with Gasteiger partial charge in [0, 0.05) is 18.1 Å². The average Bonchev–Trinajstić information content (AvgIpc) is 2.70. The van der Waals surface area contributed by atoms with Crippen LogP contribution in [0.15, 0.2) is 30.3 Å². The van der Waals surface area contributed by atoms with E-state index in [1.54, 1.807) is 19.1 Å². The van der Waals surface area contributed by atoms with Crippen molar-refractivity contribution in [1.82, 2.24) is 0 Å². The van der Waals surface area contributed by atoms with E-state index in [9.17, 15) is 14.9 Å². The molecule has 1 unspecified atom stereocenters. The lowest BCUT2D eigenvalue weighted by atomic mass is 9.98. The van der Waals surface area contributed by atoms with Crippen LogP contribution in [0.1, 0.15) is 30.5 Å². The monoisotopic (exact) mass is 414 g/mol. The second kappa shape index (κ2) is 9.58. The highest BCUT2D eigenvalue weighted by atomic mass is 16.6. The number of carbonyl (C=O) groups is 1. The number of fused-ring (bicyclic) bond motifs is 1. The Balaban J connectivity index is 1.71. The maximum Gasteiger partial charge on any atom is 0.293 e. The van der Waals surface area contributed by atoms with Gasteiger partial charge >= 0.3 is 0 Å². The van der Waals surface area contributed by atoms with Crippen LogP contribution in [0.3, 0.4) is 0 Å². The standard InChI is InChI=1S/C22H27N3O5/c1-4-29-19-11-16-9-10-24(13-17(16)12-20(19)30-5-2)14-21(26)23-22-15(3)7-6-8-18(22)25(27)28/h6-8,11-12H,4-5,9-10,13-14H2,1-3H3,(H,23,26)/p+1. The molecule has 1 amide bonds. The molecule has 8 nitrogen and oxygen atoms in total.